The average molecular weight is 213 g/mol. The van der Waals surface area contributed by atoms with Gasteiger partial charge in [0, 0.05) is 6.42 Å². The van der Waals surface area contributed by atoms with Gasteiger partial charge in [-0.15, -0.1) is 0 Å². The number of aliphatic carboxylic acids is 1. The third-order valence-electron chi connectivity index (χ3n) is 2.07. The molecule has 0 aliphatic rings. The molecule has 0 saturated carbocycles. The molecule has 1 aromatic rings. The number of nitrogens with two attached hydrogens (primary N) is 1. The largest absolute Gasteiger partial charge is 0.508 e. The molecule has 0 radical (unpaired) electrons. The molecule has 0 aliphatic heterocycles. The van der Waals surface area contributed by atoms with Gasteiger partial charge >= 0.3 is 5.97 Å². The zero-order valence-electron chi connectivity index (χ0n) is 8.20. The number of hydrogen-bond acceptors (Lipinski definition) is 3. The Morgan fingerprint density at radius 1 is 1.60 bits per heavy atom. The van der Waals surface area contributed by atoms with Crippen molar-refractivity contribution in [1.82, 2.24) is 0 Å². The highest BCUT2D eigenvalue weighted by Gasteiger charge is 2.16. The van der Waals surface area contributed by atoms with Crippen LogP contribution >= 0.6 is 0 Å². The molecule has 5 heteroatoms. The Hall–Kier alpha value is -1.62. The highest BCUT2D eigenvalue weighted by atomic mass is 19.1. The lowest BCUT2D eigenvalue weighted by Crippen LogP contribution is -2.32. The zero-order valence-corrected chi connectivity index (χ0v) is 8.20. The molecular formula is C10H12FNO3. The maximum atomic E-state index is 13.4. The van der Waals surface area contributed by atoms with Gasteiger partial charge in [-0.1, -0.05) is 0 Å². The summed E-state index contributed by atoms with van der Waals surface area (Å²) in [4.78, 5) is 10.5. The lowest BCUT2D eigenvalue weighted by atomic mass is 10.0. The van der Waals surface area contributed by atoms with Crippen molar-refractivity contribution < 1.29 is 19.4 Å². The summed E-state index contributed by atoms with van der Waals surface area (Å²) in [5.74, 6) is -1.82. The second-order valence-corrected chi connectivity index (χ2v) is 3.38. The molecular weight excluding hydrogens is 201 g/mol. The number of phenols is 1. The van der Waals surface area contributed by atoms with Gasteiger partial charge in [-0.3, -0.25) is 4.79 Å². The molecule has 0 saturated heterocycles. The van der Waals surface area contributed by atoms with Crippen molar-refractivity contribution in [1.29, 1.82) is 0 Å². The predicted molar refractivity (Wildman–Crippen MR) is 52.1 cm³/mol. The van der Waals surface area contributed by atoms with Gasteiger partial charge in [-0.2, -0.15) is 0 Å². The van der Waals surface area contributed by atoms with E-state index in [0.29, 0.717) is 0 Å². The molecule has 0 spiro atoms. The van der Waals surface area contributed by atoms with E-state index in [1.54, 1.807) is 0 Å². The molecule has 0 fully saturated rings. The van der Waals surface area contributed by atoms with Crippen molar-refractivity contribution in [2.45, 2.75) is 19.4 Å². The van der Waals surface area contributed by atoms with Crippen LogP contribution in [0.25, 0.3) is 0 Å². The summed E-state index contributed by atoms with van der Waals surface area (Å²) in [5, 5.41) is 17.8. The number of hydrogen-bond donors (Lipinski definition) is 3. The van der Waals surface area contributed by atoms with E-state index in [0.717, 1.165) is 0 Å². The third-order valence-corrected chi connectivity index (χ3v) is 2.07. The number of aromatic hydroxyl groups is 1. The Morgan fingerprint density at radius 2 is 2.20 bits per heavy atom. The molecule has 1 rings (SSSR count). The minimum atomic E-state index is -1.20. The van der Waals surface area contributed by atoms with Gasteiger partial charge in [0.15, 0.2) is 0 Å². The van der Waals surface area contributed by atoms with Crippen LogP contribution in [-0.2, 0) is 11.2 Å². The first-order valence-electron chi connectivity index (χ1n) is 4.38. The fraction of sp³-hybridized carbons (Fsp3) is 0.300. The van der Waals surface area contributed by atoms with Crippen molar-refractivity contribution >= 4 is 5.97 Å². The number of carboxylic acid groups (broad SMARTS) is 1. The monoisotopic (exact) mass is 213 g/mol. The summed E-state index contributed by atoms with van der Waals surface area (Å²) in [6.07, 6.45) is -0.142. The topological polar surface area (TPSA) is 83.5 Å². The molecule has 15 heavy (non-hydrogen) atoms. The Bertz CT molecular complexity index is 392. The molecule has 1 unspecified atom stereocenters. The molecule has 1 atom stereocenters. The first kappa shape index (κ1) is 11.5. The quantitative estimate of drug-likeness (QED) is 0.693. The van der Waals surface area contributed by atoms with Crippen LogP contribution in [0.2, 0.25) is 0 Å². The van der Waals surface area contributed by atoms with E-state index in [2.05, 4.69) is 0 Å². The van der Waals surface area contributed by atoms with Gasteiger partial charge in [0.05, 0.1) is 0 Å². The summed E-state index contributed by atoms with van der Waals surface area (Å²) >= 11 is 0. The molecule has 0 aromatic heterocycles. The van der Waals surface area contributed by atoms with Crippen molar-refractivity contribution in [3.05, 3.63) is 29.1 Å². The van der Waals surface area contributed by atoms with Crippen molar-refractivity contribution in [2.75, 3.05) is 0 Å². The summed E-state index contributed by atoms with van der Waals surface area (Å²) in [7, 11) is 0. The highest BCUT2D eigenvalue weighted by Crippen LogP contribution is 2.20. The lowest BCUT2D eigenvalue weighted by Gasteiger charge is -2.09. The smallest absolute Gasteiger partial charge is 0.320 e. The minimum Gasteiger partial charge on any atom is -0.508 e. The third kappa shape index (κ3) is 2.66. The molecule has 1 aromatic carbocycles. The van der Waals surface area contributed by atoms with Crippen LogP contribution in [0.15, 0.2) is 12.1 Å². The maximum absolute atomic E-state index is 13.4. The molecule has 4 nitrogen and oxygen atoms in total. The standard InChI is InChI=1S/C10H12FNO3/c1-5-2-7(13)3-6(9(5)11)4-8(12)10(14)15/h2-3,8,13H,4,12H2,1H3,(H,14,15). The van der Waals surface area contributed by atoms with Crippen LogP contribution < -0.4 is 5.73 Å². The summed E-state index contributed by atoms with van der Waals surface area (Å²) < 4.78 is 13.4. The molecule has 4 N–H and O–H groups in total. The number of aryl methyl sites for hydroxylation is 1. The number of rotatable bonds is 3. The molecule has 0 bridgehead atoms. The summed E-state index contributed by atoms with van der Waals surface area (Å²) in [6, 6.07) is 1.29. The number of carboxylic acids is 1. The number of phenolic OH excluding ortho intramolecular Hbond substituents is 1. The first-order valence-corrected chi connectivity index (χ1v) is 4.38. The Kier molecular flexibility index (Phi) is 3.26. The van der Waals surface area contributed by atoms with E-state index in [4.69, 9.17) is 10.8 Å². The van der Waals surface area contributed by atoms with Gasteiger partial charge in [-0.25, -0.2) is 4.39 Å². The summed E-state index contributed by atoms with van der Waals surface area (Å²) in [6.45, 7) is 1.49. The zero-order chi connectivity index (χ0) is 11.6. The van der Waals surface area contributed by atoms with Crippen LogP contribution in [0, 0.1) is 12.7 Å². The highest BCUT2D eigenvalue weighted by molar-refractivity contribution is 5.73. The fourth-order valence-electron chi connectivity index (χ4n) is 1.29. The van der Waals surface area contributed by atoms with Gasteiger partial charge in [-0.05, 0) is 30.2 Å². The molecule has 0 heterocycles. The van der Waals surface area contributed by atoms with Crippen LogP contribution in [0.5, 0.6) is 5.75 Å². The van der Waals surface area contributed by atoms with Gasteiger partial charge in [0.2, 0.25) is 0 Å². The van der Waals surface area contributed by atoms with E-state index < -0.39 is 17.8 Å². The maximum Gasteiger partial charge on any atom is 0.320 e. The fourth-order valence-corrected chi connectivity index (χ4v) is 1.29. The molecule has 0 aliphatic carbocycles. The second kappa shape index (κ2) is 4.27. The van der Waals surface area contributed by atoms with E-state index >= 15 is 0 Å². The number of halogens is 1. The first-order chi connectivity index (χ1) is 6.91. The van der Waals surface area contributed by atoms with Crippen molar-refractivity contribution in [3.63, 3.8) is 0 Å². The normalized spacial score (nSPS) is 12.5. The van der Waals surface area contributed by atoms with E-state index in [-0.39, 0.29) is 23.3 Å². The van der Waals surface area contributed by atoms with E-state index in [1.807, 2.05) is 0 Å². The lowest BCUT2D eigenvalue weighted by molar-refractivity contribution is -0.138. The minimum absolute atomic E-state index is 0.0958. The Labute approximate surface area is 86.1 Å². The number of benzene rings is 1. The number of carbonyl (C=O) groups is 1. The Balaban J connectivity index is 2.99. The van der Waals surface area contributed by atoms with Crippen LogP contribution in [0.4, 0.5) is 4.39 Å². The van der Waals surface area contributed by atoms with E-state index in [9.17, 15) is 14.3 Å². The second-order valence-electron chi connectivity index (χ2n) is 3.38. The average Bonchev–Trinajstić information content (AvgIpc) is 2.13. The van der Waals surface area contributed by atoms with Gasteiger partial charge < -0.3 is 15.9 Å². The van der Waals surface area contributed by atoms with Crippen LogP contribution in [0.1, 0.15) is 11.1 Å². The van der Waals surface area contributed by atoms with Gasteiger partial charge in [0.1, 0.15) is 17.6 Å². The van der Waals surface area contributed by atoms with Crippen LogP contribution in [0.3, 0.4) is 0 Å². The predicted octanol–water partition coefficient (Wildman–Crippen LogP) is 0.794. The summed E-state index contributed by atoms with van der Waals surface area (Å²) in [5.41, 5.74) is 5.65. The van der Waals surface area contributed by atoms with Gasteiger partial charge in [0.25, 0.3) is 0 Å². The van der Waals surface area contributed by atoms with E-state index in [1.165, 1.54) is 19.1 Å². The van der Waals surface area contributed by atoms with Crippen LogP contribution in [-0.4, -0.2) is 22.2 Å². The SMILES string of the molecule is Cc1cc(O)cc(CC(N)C(=O)O)c1F. The van der Waals surface area contributed by atoms with Crippen molar-refractivity contribution in [2.24, 2.45) is 5.73 Å². The van der Waals surface area contributed by atoms with Crippen molar-refractivity contribution in [3.8, 4) is 5.75 Å². The Morgan fingerprint density at radius 3 is 2.73 bits per heavy atom. The molecule has 82 valence electrons. The molecule has 0 amide bonds.